The number of carbonyl (C=O) groups is 1. The summed E-state index contributed by atoms with van der Waals surface area (Å²) in [6.45, 7) is 12.2. The van der Waals surface area contributed by atoms with Crippen LogP contribution in [0.2, 0.25) is 0 Å². The Morgan fingerprint density at radius 2 is 1.73 bits per heavy atom. The molecule has 0 aliphatic heterocycles. The second-order valence-electron chi connectivity index (χ2n) is 5.32. The van der Waals surface area contributed by atoms with Crippen LogP contribution in [0.25, 0.3) is 0 Å². The van der Waals surface area contributed by atoms with Gasteiger partial charge in [0.1, 0.15) is 6.61 Å². The SMILES string of the molecule is CC(C)CC(=O)OCC(C)OC(C)(C)C. The molecule has 0 aliphatic carbocycles. The molecule has 0 saturated heterocycles. The lowest BCUT2D eigenvalue weighted by Crippen LogP contribution is -2.29. The van der Waals surface area contributed by atoms with Crippen molar-refractivity contribution < 1.29 is 14.3 Å². The molecule has 0 heterocycles. The van der Waals surface area contributed by atoms with Crippen LogP contribution in [0.4, 0.5) is 0 Å². The monoisotopic (exact) mass is 216 g/mol. The Hall–Kier alpha value is -0.570. The van der Waals surface area contributed by atoms with Crippen LogP contribution in [-0.4, -0.2) is 24.3 Å². The highest BCUT2D eigenvalue weighted by Gasteiger charge is 2.16. The number of esters is 1. The standard InChI is InChI=1S/C12H24O3/c1-9(2)7-11(13)14-8-10(3)15-12(4,5)6/h9-10H,7-8H2,1-6H3. The Kier molecular flexibility index (Phi) is 5.88. The molecule has 0 fully saturated rings. The summed E-state index contributed by atoms with van der Waals surface area (Å²) >= 11 is 0. The maximum atomic E-state index is 11.2. The van der Waals surface area contributed by atoms with Gasteiger partial charge in [0.2, 0.25) is 0 Å². The Balaban J connectivity index is 3.71. The Bertz CT molecular complexity index is 192. The van der Waals surface area contributed by atoms with Crippen LogP contribution in [0.5, 0.6) is 0 Å². The molecule has 3 nitrogen and oxygen atoms in total. The van der Waals surface area contributed by atoms with Crippen molar-refractivity contribution in [3.05, 3.63) is 0 Å². The molecule has 15 heavy (non-hydrogen) atoms. The minimum atomic E-state index is -0.191. The highest BCUT2D eigenvalue weighted by Crippen LogP contribution is 2.11. The van der Waals surface area contributed by atoms with Gasteiger partial charge >= 0.3 is 5.97 Å². The first kappa shape index (κ1) is 14.4. The zero-order valence-corrected chi connectivity index (χ0v) is 10.8. The minimum absolute atomic E-state index is 0.0545. The lowest BCUT2D eigenvalue weighted by molar-refractivity contribution is -0.152. The molecular formula is C12H24O3. The summed E-state index contributed by atoms with van der Waals surface area (Å²) in [7, 11) is 0. The van der Waals surface area contributed by atoms with Crippen LogP contribution in [-0.2, 0) is 14.3 Å². The number of carbonyl (C=O) groups excluding carboxylic acids is 1. The molecule has 1 atom stereocenters. The highest BCUT2D eigenvalue weighted by atomic mass is 16.6. The van der Waals surface area contributed by atoms with Crippen molar-refractivity contribution in [3.63, 3.8) is 0 Å². The van der Waals surface area contributed by atoms with E-state index in [4.69, 9.17) is 9.47 Å². The fraction of sp³-hybridized carbons (Fsp3) is 0.917. The quantitative estimate of drug-likeness (QED) is 0.663. The smallest absolute Gasteiger partial charge is 0.306 e. The van der Waals surface area contributed by atoms with Gasteiger partial charge in [-0.2, -0.15) is 0 Å². The van der Waals surface area contributed by atoms with Gasteiger partial charge in [-0.05, 0) is 33.6 Å². The van der Waals surface area contributed by atoms with E-state index in [1.807, 2.05) is 41.5 Å². The second-order valence-corrected chi connectivity index (χ2v) is 5.32. The molecule has 0 saturated carbocycles. The third kappa shape index (κ3) is 9.73. The van der Waals surface area contributed by atoms with Crippen LogP contribution in [0.15, 0.2) is 0 Å². The van der Waals surface area contributed by atoms with Gasteiger partial charge in [-0.1, -0.05) is 13.8 Å². The summed E-state index contributed by atoms with van der Waals surface area (Å²) in [6.07, 6.45) is 0.420. The summed E-state index contributed by atoms with van der Waals surface area (Å²) < 4.78 is 10.7. The van der Waals surface area contributed by atoms with Gasteiger partial charge in [-0.3, -0.25) is 4.79 Å². The molecule has 0 spiro atoms. The van der Waals surface area contributed by atoms with E-state index >= 15 is 0 Å². The Morgan fingerprint density at radius 1 is 1.20 bits per heavy atom. The predicted octanol–water partition coefficient (Wildman–Crippen LogP) is 2.78. The molecular weight excluding hydrogens is 192 g/mol. The first-order chi connectivity index (χ1) is 6.70. The first-order valence-electron chi connectivity index (χ1n) is 5.54. The van der Waals surface area contributed by atoms with Crippen molar-refractivity contribution in [2.75, 3.05) is 6.61 Å². The predicted molar refractivity (Wildman–Crippen MR) is 60.7 cm³/mol. The molecule has 0 radical (unpaired) electrons. The summed E-state index contributed by atoms with van der Waals surface area (Å²) in [5.74, 6) is 0.200. The third-order valence-electron chi connectivity index (χ3n) is 1.61. The van der Waals surface area contributed by atoms with E-state index < -0.39 is 0 Å². The van der Waals surface area contributed by atoms with Crippen molar-refractivity contribution in [2.45, 2.75) is 59.7 Å². The van der Waals surface area contributed by atoms with Crippen molar-refractivity contribution in [2.24, 2.45) is 5.92 Å². The zero-order chi connectivity index (χ0) is 12.1. The molecule has 0 aromatic rings. The summed E-state index contributed by atoms with van der Waals surface area (Å²) in [6, 6.07) is 0. The molecule has 0 amide bonds. The Labute approximate surface area is 93.1 Å². The average molecular weight is 216 g/mol. The molecule has 1 unspecified atom stereocenters. The van der Waals surface area contributed by atoms with Crippen molar-refractivity contribution in [3.8, 4) is 0 Å². The van der Waals surface area contributed by atoms with E-state index in [0.717, 1.165) is 0 Å². The van der Waals surface area contributed by atoms with Gasteiger partial charge in [0, 0.05) is 6.42 Å². The van der Waals surface area contributed by atoms with Gasteiger partial charge in [-0.25, -0.2) is 0 Å². The molecule has 0 aliphatic rings. The van der Waals surface area contributed by atoms with E-state index in [1.54, 1.807) is 0 Å². The topological polar surface area (TPSA) is 35.5 Å². The normalized spacial score (nSPS) is 14.1. The van der Waals surface area contributed by atoms with Gasteiger partial charge < -0.3 is 9.47 Å². The van der Waals surface area contributed by atoms with E-state index in [9.17, 15) is 4.79 Å². The second kappa shape index (κ2) is 6.11. The first-order valence-corrected chi connectivity index (χ1v) is 5.54. The maximum absolute atomic E-state index is 11.2. The fourth-order valence-electron chi connectivity index (χ4n) is 1.24. The molecule has 0 rings (SSSR count). The number of ether oxygens (including phenoxy) is 2. The lowest BCUT2D eigenvalue weighted by Gasteiger charge is -2.24. The third-order valence-corrected chi connectivity index (χ3v) is 1.61. The summed E-state index contributed by atoms with van der Waals surface area (Å²) in [4.78, 5) is 11.2. The van der Waals surface area contributed by atoms with Gasteiger partial charge in [0.15, 0.2) is 0 Å². The molecule has 0 aromatic heterocycles. The van der Waals surface area contributed by atoms with E-state index in [2.05, 4.69) is 0 Å². The summed E-state index contributed by atoms with van der Waals surface area (Å²) in [5, 5.41) is 0. The number of hydrogen-bond donors (Lipinski definition) is 0. The van der Waals surface area contributed by atoms with Gasteiger partial charge in [0.05, 0.1) is 11.7 Å². The summed E-state index contributed by atoms with van der Waals surface area (Å²) in [5.41, 5.74) is -0.191. The van der Waals surface area contributed by atoms with Crippen molar-refractivity contribution >= 4 is 5.97 Å². The largest absolute Gasteiger partial charge is 0.463 e. The Morgan fingerprint density at radius 3 is 2.13 bits per heavy atom. The van der Waals surface area contributed by atoms with E-state index in [-0.39, 0.29) is 17.7 Å². The molecule has 0 aromatic carbocycles. The number of hydrogen-bond acceptors (Lipinski definition) is 3. The molecule has 0 N–H and O–H groups in total. The highest BCUT2D eigenvalue weighted by molar-refractivity contribution is 5.69. The van der Waals surface area contributed by atoms with Crippen molar-refractivity contribution in [1.82, 2.24) is 0 Å². The molecule has 3 heteroatoms. The number of rotatable bonds is 5. The fourth-order valence-corrected chi connectivity index (χ4v) is 1.24. The van der Waals surface area contributed by atoms with Crippen LogP contribution < -0.4 is 0 Å². The van der Waals surface area contributed by atoms with Crippen LogP contribution in [0.1, 0.15) is 48.0 Å². The van der Waals surface area contributed by atoms with E-state index in [1.165, 1.54) is 0 Å². The van der Waals surface area contributed by atoms with Gasteiger partial charge in [-0.15, -0.1) is 0 Å². The van der Waals surface area contributed by atoms with E-state index in [0.29, 0.717) is 18.9 Å². The maximum Gasteiger partial charge on any atom is 0.306 e. The van der Waals surface area contributed by atoms with Gasteiger partial charge in [0.25, 0.3) is 0 Å². The van der Waals surface area contributed by atoms with Crippen LogP contribution in [0, 0.1) is 5.92 Å². The lowest BCUT2D eigenvalue weighted by atomic mass is 10.1. The molecule has 90 valence electrons. The van der Waals surface area contributed by atoms with Crippen LogP contribution in [0.3, 0.4) is 0 Å². The zero-order valence-electron chi connectivity index (χ0n) is 10.8. The molecule has 0 bridgehead atoms. The van der Waals surface area contributed by atoms with Crippen molar-refractivity contribution in [1.29, 1.82) is 0 Å². The minimum Gasteiger partial charge on any atom is -0.463 e. The van der Waals surface area contributed by atoms with Crippen LogP contribution >= 0.6 is 0 Å². The average Bonchev–Trinajstić information content (AvgIpc) is 1.96.